The third-order valence-corrected chi connectivity index (χ3v) is 1.74. The number of morpholine rings is 1. The molecule has 1 heterocycles. The summed E-state index contributed by atoms with van der Waals surface area (Å²) in [6, 6.07) is 0. The second-order valence-electron chi connectivity index (χ2n) is 2.65. The summed E-state index contributed by atoms with van der Waals surface area (Å²) >= 11 is 0. The van der Waals surface area contributed by atoms with E-state index in [0.29, 0.717) is 26.2 Å². The summed E-state index contributed by atoms with van der Waals surface area (Å²) in [6.07, 6.45) is -0.824. The highest BCUT2D eigenvalue weighted by Gasteiger charge is 2.22. The number of rotatable bonds is 4. The number of ether oxygens (including phenoxy) is 1. The zero-order valence-electron chi connectivity index (χ0n) is 7.09. The topological polar surface area (TPSA) is 85.1 Å². The fraction of sp³-hybridized carbons (Fsp3) is 1.00. The van der Waals surface area contributed by atoms with Gasteiger partial charge in [0.25, 0.3) is 5.09 Å². The molecule has 1 fully saturated rings. The van der Waals surface area contributed by atoms with Crippen LogP contribution < -0.4 is 0 Å². The highest BCUT2D eigenvalue weighted by atomic mass is 17.0. The maximum Gasteiger partial charge on any atom is 0.297 e. The van der Waals surface area contributed by atoms with Crippen molar-refractivity contribution in [3.8, 4) is 0 Å². The third kappa shape index (κ3) is 3.53. The Hall–Kier alpha value is -0.920. The molecule has 1 aliphatic rings. The zero-order chi connectivity index (χ0) is 9.68. The van der Waals surface area contributed by atoms with Gasteiger partial charge in [-0.3, -0.25) is 9.74 Å². The SMILES string of the molecule is O=[N+]([O-])OC1CN(CCO)CCO1. The second kappa shape index (κ2) is 4.95. The van der Waals surface area contributed by atoms with E-state index in [1.54, 1.807) is 0 Å². The van der Waals surface area contributed by atoms with Gasteiger partial charge < -0.3 is 9.84 Å². The van der Waals surface area contributed by atoms with E-state index < -0.39 is 11.4 Å². The van der Waals surface area contributed by atoms with Gasteiger partial charge in [-0.05, 0) is 0 Å². The summed E-state index contributed by atoms with van der Waals surface area (Å²) in [5, 5.41) is 17.7. The van der Waals surface area contributed by atoms with Crippen molar-refractivity contribution >= 4 is 0 Å². The van der Waals surface area contributed by atoms with Crippen LogP contribution in [0, 0.1) is 10.1 Å². The van der Waals surface area contributed by atoms with Crippen LogP contribution in [-0.2, 0) is 9.57 Å². The van der Waals surface area contributed by atoms with E-state index in [-0.39, 0.29) is 6.61 Å². The Morgan fingerprint density at radius 2 is 2.54 bits per heavy atom. The zero-order valence-corrected chi connectivity index (χ0v) is 7.09. The molecule has 0 saturated carbocycles. The van der Waals surface area contributed by atoms with Crippen molar-refractivity contribution in [1.29, 1.82) is 0 Å². The first kappa shape index (κ1) is 10.2. The predicted octanol–water partition coefficient (Wildman–Crippen LogP) is -1.15. The summed E-state index contributed by atoms with van der Waals surface area (Å²) in [5.74, 6) is 0. The Labute approximate surface area is 74.9 Å². The maximum absolute atomic E-state index is 9.97. The second-order valence-corrected chi connectivity index (χ2v) is 2.65. The van der Waals surface area contributed by atoms with Gasteiger partial charge in [0, 0.05) is 19.6 Å². The van der Waals surface area contributed by atoms with E-state index in [9.17, 15) is 10.1 Å². The lowest BCUT2D eigenvalue weighted by atomic mass is 10.4. The Kier molecular flexibility index (Phi) is 3.87. The molecule has 1 atom stereocenters. The molecule has 1 N–H and O–H groups in total. The van der Waals surface area contributed by atoms with E-state index in [4.69, 9.17) is 9.84 Å². The van der Waals surface area contributed by atoms with Crippen LogP contribution in [0.3, 0.4) is 0 Å². The molecule has 76 valence electrons. The van der Waals surface area contributed by atoms with Gasteiger partial charge in [-0.2, -0.15) is 0 Å². The Balaban J connectivity index is 2.28. The van der Waals surface area contributed by atoms with Gasteiger partial charge in [-0.1, -0.05) is 0 Å². The van der Waals surface area contributed by atoms with Gasteiger partial charge in [-0.15, -0.1) is 10.1 Å². The van der Waals surface area contributed by atoms with Crippen LogP contribution in [0.2, 0.25) is 0 Å². The van der Waals surface area contributed by atoms with Crippen LogP contribution in [0.4, 0.5) is 0 Å². The normalized spacial score (nSPS) is 24.2. The van der Waals surface area contributed by atoms with Gasteiger partial charge in [-0.25, -0.2) is 0 Å². The summed E-state index contributed by atoms with van der Waals surface area (Å²) in [5.41, 5.74) is 0. The maximum atomic E-state index is 9.97. The molecule has 0 bridgehead atoms. The van der Waals surface area contributed by atoms with Gasteiger partial charge >= 0.3 is 0 Å². The number of hydrogen-bond acceptors (Lipinski definition) is 6. The van der Waals surface area contributed by atoms with Crippen LogP contribution in [0.25, 0.3) is 0 Å². The number of aliphatic hydroxyl groups excluding tert-OH is 1. The average molecular weight is 192 g/mol. The highest BCUT2D eigenvalue weighted by molar-refractivity contribution is 4.63. The van der Waals surface area contributed by atoms with E-state index in [2.05, 4.69) is 4.84 Å². The van der Waals surface area contributed by atoms with Crippen molar-refractivity contribution in [1.82, 2.24) is 4.90 Å². The fourth-order valence-electron chi connectivity index (χ4n) is 1.17. The third-order valence-electron chi connectivity index (χ3n) is 1.74. The van der Waals surface area contributed by atoms with Gasteiger partial charge in [0.1, 0.15) is 0 Å². The molecule has 0 aromatic rings. The van der Waals surface area contributed by atoms with Crippen molar-refractivity contribution in [3.63, 3.8) is 0 Å². The summed E-state index contributed by atoms with van der Waals surface area (Å²) in [6.45, 7) is 1.89. The largest absolute Gasteiger partial charge is 0.395 e. The molecule has 0 radical (unpaired) electrons. The molecule has 0 aromatic carbocycles. The fourth-order valence-corrected chi connectivity index (χ4v) is 1.17. The molecular weight excluding hydrogens is 180 g/mol. The van der Waals surface area contributed by atoms with E-state index in [1.165, 1.54) is 0 Å². The number of hydrogen-bond donors (Lipinski definition) is 1. The van der Waals surface area contributed by atoms with E-state index in [0.717, 1.165) is 0 Å². The van der Waals surface area contributed by atoms with Crippen LogP contribution in [0.5, 0.6) is 0 Å². The molecular formula is C6H12N2O5. The monoisotopic (exact) mass is 192 g/mol. The van der Waals surface area contributed by atoms with Crippen LogP contribution >= 0.6 is 0 Å². The lowest BCUT2D eigenvalue weighted by Gasteiger charge is -2.30. The smallest absolute Gasteiger partial charge is 0.297 e. The molecule has 0 amide bonds. The Morgan fingerprint density at radius 3 is 3.15 bits per heavy atom. The Bertz CT molecular complexity index is 174. The Morgan fingerprint density at radius 1 is 1.77 bits per heavy atom. The number of nitrogens with zero attached hydrogens (tertiary/aromatic N) is 2. The molecule has 0 spiro atoms. The minimum atomic E-state index is -0.868. The first-order valence-electron chi connectivity index (χ1n) is 3.98. The number of aliphatic hydroxyl groups is 1. The molecule has 0 aromatic heterocycles. The quantitative estimate of drug-likeness (QED) is 0.447. The first-order valence-corrected chi connectivity index (χ1v) is 3.98. The van der Waals surface area contributed by atoms with Crippen molar-refractivity contribution in [3.05, 3.63) is 10.1 Å². The molecule has 1 rings (SSSR count). The average Bonchev–Trinajstić information content (AvgIpc) is 2.04. The van der Waals surface area contributed by atoms with Crippen LogP contribution in [-0.4, -0.2) is 54.2 Å². The van der Waals surface area contributed by atoms with Crippen molar-refractivity contribution in [2.75, 3.05) is 32.8 Å². The molecule has 1 unspecified atom stereocenters. The minimum absolute atomic E-state index is 0.0329. The number of β-amino-alcohol motifs (C(OH)–C–C–N with tert-alkyl or cyclic N) is 1. The van der Waals surface area contributed by atoms with E-state index in [1.807, 2.05) is 4.90 Å². The molecule has 7 heteroatoms. The van der Waals surface area contributed by atoms with Gasteiger partial charge in [0.15, 0.2) is 0 Å². The summed E-state index contributed by atoms with van der Waals surface area (Å²) < 4.78 is 4.98. The molecule has 7 nitrogen and oxygen atoms in total. The molecule has 13 heavy (non-hydrogen) atoms. The lowest BCUT2D eigenvalue weighted by molar-refractivity contribution is -0.781. The van der Waals surface area contributed by atoms with E-state index >= 15 is 0 Å². The van der Waals surface area contributed by atoms with Crippen molar-refractivity contribution in [2.45, 2.75) is 6.29 Å². The lowest BCUT2D eigenvalue weighted by Crippen LogP contribution is -2.45. The standard InChI is InChI=1S/C6H12N2O5/c9-3-1-7-2-4-12-6(5-7)13-8(10)11/h6,9H,1-5H2. The predicted molar refractivity (Wildman–Crippen MR) is 41.3 cm³/mol. The molecule has 0 aliphatic carbocycles. The molecule has 1 aliphatic heterocycles. The molecule has 1 saturated heterocycles. The van der Waals surface area contributed by atoms with Crippen LogP contribution in [0.15, 0.2) is 0 Å². The van der Waals surface area contributed by atoms with Gasteiger partial charge in [0.2, 0.25) is 6.29 Å². The highest BCUT2D eigenvalue weighted by Crippen LogP contribution is 2.05. The summed E-state index contributed by atoms with van der Waals surface area (Å²) in [4.78, 5) is 16.1. The van der Waals surface area contributed by atoms with Crippen LogP contribution in [0.1, 0.15) is 0 Å². The van der Waals surface area contributed by atoms with Gasteiger partial charge in [0.05, 0.1) is 13.2 Å². The first-order chi connectivity index (χ1) is 6.22. The summed E-state index contributed by atoms with van der Waals surface area (Å²) in [7, 11) is 0. The minimum Gasteiger partial charge on any atom is -0.395 e. The van der Waals surface area contributed by atoms with Crippen molar-refractivity contribution < 1.29 is 19.8 Å². The van der Waals surface area contributed by atoms with Crippen molar-refractivity contribution in [2.24, 2.45) is 0 Å².